The molecule has 0 saturated heterocycles. The van der Waals surface area contributed by atoms with Crippen molar-refractivity contribution in [2.45, 2.75) is 0 Å². The van der Waals surface area contributed by atoms with E-state index in [0.29, 0.717) is 0 Å². The SMILES string of the molecule is COc1ccc(I(Cl)Cl)cc1. The van der Waals surface area contributed by atoms with Crippen LogP contribution in [0.2, 0.25) is 0 Å². The molecule has 0 atom stereocenters. The van der Waals surface area contributed by atoms with Crippen LogP contribution >= 0.6 is 35.4 Å². The van der Waals surface area contributed by atoms with E-state index < -0.39 is 17.6 Å². The summed E-state index contributed by atoms with van der Waals surface area (Å²) in [7, 11) is 13.2. The van der Waals surface area contributed by atoms with Crippen molar-refractivity contribution in [1.29, 1.82) is 0 Å². The van der Waals surface area contributed by atoms with Gasteiger partial charge in [-0.05, 0) is 0 Å². The molecule has 0 bridgehead atoms. The molecule has 11 heavy (non-hydrogen) atoms. The van der Waals surface area contributed by atoms with Gasteiger partial charge in [0.05, 0.1) is 0 Å². The van der Waals surface area contributed by atoms with Crippen molar-refractivity contribution >= 4 is 35.4 Å². The van der Waals surface area contributed by atoms with Gasteiger partial charge in [-0.1, -0.05) is 0 Å². The molecular weight excluding hydrogens is 298 g/mol. The van der Waals surface area contributed by atoms with Crippen molar-refractivity contribution < 1.29 is 4.74 Å². The fourth-order valence-electron chi connectivity index (χ4n) is 0.666. The Morgan fingerprint density at radius 3 is 2.09 bits per heavy atom. The molecule has 1 aromatic carbocycles. The molecule has 0 aliphatic rings. The molecule has 0 saturated carbocycles. The van der Waals surface area contributed by atoms with Gasteiger partial charge in [0.1, 0.15) is 0 Å². The van der Waals surface area contributed by atoms with Gasteiger partial charge in [0, 0.05) is 0 Å². The summed E-state index contributed by atoms with van der Waals surface area (Å²) in [6.45, 7) is 0. The van der Waals surface area contributed by atoms with E-state index in [9.17, 15) is 0 Å². The first kappa shape index (κ1) is 9.42. The van der Waals surface area contributed by atoms with Crippen molar-refractivity contribution in [1.82, 2.24) is 0 Å². The van der Waals surface area contributed by atoms with Crippen molar-refractivity contribution in [2.24, 2.45) is 0 Å². The van der Waals surface area contributed by atoms with E-state index in [-0.39, 0.29) is 0 Å². The molecule has 1 rings (SSSR count). The summed E-state index contributed by atoms with van der Waals surface area (Å²) in [5.41, 5.74) is 0. The molecule has 0 radical (unpaired) electrons. The number of rotatable bonds is 2. The first-order valence-electron chi connectivity index (χ1n) is 2.91. The summed E-state index contributed by atoms with van der Waals surface area (Å²) in [6.07, 6.45) is 0. The van der Waals surface area contributed by atoms with E-state index in [2.05, 4.69) is 0 Å². The van der Waals surface area contributed by atoms with Crippen LogP contribution in [0, 0.1) is 3.57 Å². The van der Waals surface area contributed by atoms with Crippen LogP contribution in [0.4, 0.5) is 0 Å². The number of hydrogen-bond acceptors (Lipinski definition) is 1. The summed E-state index contributed by atoms with van der Waals surface area (Å²) in [5.74, 6) is 0.833. The quantitative estimate of drug-likeness (QED) is 0.757. The van der Waals surface area contributed by atoms with E-state index in [0.717, 1.165) is 9.32 Å². The standard InChI is InChI=1S/C7H7Cl2IO/c1-11-7-4-2-6(3-5-7)10(8)9/h2-5H,1H3. The van der Waals surface area contributed by atoms with Crippen molar-refractivity contribution in [2.75, 3.05) is 7.11 Å². The van der Waals surface area contributed by atoms with Crippen LogP contribution in [0.5, 0.6) is 5.75 Å². The van der Waals surface area contributed by atoms with Crippen LogP contribution in [-0.2, 0) is 0 Å². The molecule has 0 aliphatic heterocycles. The van der Waals surface area contributed by atoms with Crippen LogP contribution in [0.25, 0.3) is 0 Å². The summed E-state index contributed by atoms with van der Waals surface area (Å²) in [5, 5.41) is 0. The Morgan fingerprint density at radius 2 is 1.73 bits per heavy atom. The number of ether oxygens (including phenoxy) is 1. The number of benzene rings is 1. The summed E-state index contributed by atoms with van der Waals surface area (Å²) in [4.78, 5) is 0. The molecule has 1 aromatic rings. The summed E-state index contributed by atoms with van der Waals surface area (Å²) < 4.78 is 6.02. The Labute approximate surface area is 80.5 Å². The van der Waals surface area contributed by atoms with Gasteiger partial charge in [0.2, 0.25) is 0 Å². The predicted molar refractivity (Wildman–Crippen MR) is 57.4 cm³/mol. The molecule has 62 valence electrons. The Balaban J connectivity index is 2.83. The second-order valence-electron chi connectivity index (χ2n) is 1.85. The molecule has 0 fully saturated rings. The van der Waals surface area contributed by atoms with Crippen molar-refractivity contribution in [3.63, 3.8) is 0 Å². The van der Waals surface area contributed by atoms with E-state index in [4.69, 9.17) is 22.6 Å². The molecule has 0 aliphatic carbocycles. The Kier molecular flexibility index (Phi) is 3.75. The van der Waals surface area contributed by atoms with E-state index in [1.807, 2.05) is 24.3 Å². The van der Waals surface area contributed by atoms with Crippen LogP contribution in [-0.4, -0.2) is 7.11 Å². The third-order valence-corrected chi connectivity index (χ3v) is 5.09. The van der Waals surface area contributed by atoms with E-state index in [1.165, 1.54) is 0 Å². The first-order chi connectivity index (χ1) is 5.24. The van der Waals surface area contributed by atoms with Gasteiger partial charge in [-0.3, -0.25) is 0 Å². The molecule has 0 aromatic heterocycles. The molecule has 0 heterocycles. The van der Waals surface area contributed by atoms with Crippen molar-refractivity contribution in [3.8, 4) is 5.75 Å². The van der Waals surface area contributed by atoms with Gasteiger partial charge in [-0.25, -0.2) is 0 Å². The zero-order valence-electron chi connectivity index (χ0n) is 5.85. The molecule has 0 amide bonds. The van der Waals surface area contributed by atoms with E-state index in [1.54, 1.807) is 7.11 Å². The number of halogens is 3. The average molecular weight is 305 g/mol. The van der Waals surface area contributed by atoms with Crippen LogP contribution in [0.3, 0.4) is 0 Å². The molecule has 4 heteroatoms. The summed E-state index contributed by atoms with van der Waals surface area (Å²) in [6, 6.07) is 7.54. The van der Waals surface area contributed by atoms with Gasteiger partial charge >= 0.3 is 80.8 Å². The molecule has 0 spiro atoms. The summed E-state index contributed by atoms with van der Waals surface area (Å²) >= 11 is -1.83. The molecule has 0 unspecified atom stereocenters. The van der Waals surface area contributed by atoms with Crippen LogP contribution in [0.1, 0.15) is 0 Å². The van der Waals surface area contributed by atoms with E-state index >= 15 is 0 Å². The molecule has 0 N–H and O–H groups in total. The monoisotopic (exact) mass is 304 g/mol. The van der Waals surface area contributed by atoms with Gasteiger partial charge < -0.3 is 0 Å². The Morgan fingerprint density at radius 1 is 1.18 bits per heavy atom. The Hall–Kier alpha value is 0.330. The predicted octanol–water partition coefficient (Wildman–Crippen LogP) is 3.68. The van der Waals surface area contributed by atoms with Gasteiger partial charge in [0.25, 0.3) is 0 Å². The average Bonchev–Trinajstić information content (AvgIpc) is 2.05. The van der Waals surface area contributed by atoms with Gasteiger partial charge in [-0.2, -0.15) is 0 Å². The first-order valence-corrected chi connectivity index (χ1v) is 9.45. The minimum atomic E-state index is -1.83. The van der Waals surface area contributed by atoms with Gasteiger partial charge in [0.15, 0.2) is 0 Å². The second-order valence-corrected chi connectivity index (χ2v) is 9.04. The third-order valence-electron chi connectivity index (χ3n) is 1.21. The van der Waals surface area contributed by atoms with Crippen LogP contribution < -0.4 is 4.74 Å². The number of hydrogen-bond donors (Lipinski definition) is 0. The maximum absolute atomic E-state index is 5.78. The topological polar surface area (TPSA) is 9.23 Å². The maximum atomic E-state index is 5.78. The second kappa shape index (κ2) is 4.38. The van der Waals surface area contributed by atoms with Gasteiger partial charge in [-0.15, -0.1) is 0 Å². The normalized spacial score (nSPS) is 11.0. The van der Waals surface area contributed by atoms with Crippen molar-refractivity contribution in [3.05, 3.63) is 27.8 Å². The minimum absolute atomic E-state index is 0.833. The number of methoxy groups -OCH3 is 1. The van der Waals surface area contributed by atoms with Crippen LogP contribution in [0.15, 0.2) is 24.3 Å². The zero-order chi connectivity index (χ0) is 8.27. The molecular formula is C7H7Cl2IO. The Bertz CT molecular complexity index is 222. The fraction of sp³-hybridized carbons (Fsp3) is 0.143. The molecule has 1 nitrogen and oxygen atoms in total. The zero-order valence-corrected chi connectivity index (χ0v) is 9.52. The third kappa shape index (κ3) is 2.69. The fourth-order valence-corrected chi connectivity index (χ4v) is 2.85.